The lowest BCUT2D eigenvalue weighted by atomic mass is 10.0. The number of aliphatic hydroxyl groups excluding tert-OH is 1. The molecule has 0 saturated heterocycles. The van der Waals surface area contributed by atoms with E-state index in [0.717, 1.165) is 25.7 Å². The number of ether oxygens (including phenoxy) is 1. The van der Waals surface area contributed by atoms with E-state index in [1.807, 2.05) is 21.1 Å². The van der Waals surface area contributed by atoms with E-state index in [-0.39, 0.29) is 19.2 Å². The van der Waals surface area contributed by atoms with Crippen LogP contribution in [0.15, 0.2) is 24.3 Å². The van der Waals surface area contributed by atoms with Gasteiger partial charge in [0.05, 0.1) is 27.7 Å². The fourth-order valence-corrected chi connectivity index (χ4v) is 5.20. The van der Waals surface area contributed by atoms with E-state index in [2.05, 4.69) is 31.2 Å². The van der Waals surface area contributed by atoms with Crippen LogP contribution in [0, 0.1) is 0 Å². The lowest BCUT2D eigenvalue weighted by molar-refractivity contribution is -0.870. The van der Waals surface area contributed by atoms with Gasteiger partial charge in [0, 0.05) is 6.42 Å². The van der Waals surface area contributed by atoms with Crippen molar-refractivity contribution in [2.24, 2.45) is 0 Å². The molecule has 2 atom stereocenters. The number of hydrogen-bond donors (Lipinski definition) is 2. The normalized spacial score (nSPS) is 14.5. The summed E-state index contributed by atoms with van der Waals surface area (Å²) in [7, 11) is 1.56. The molecular weight excluding hydrogens is 565 g/mol. The van der Waals surface area contributed by atoms with Gasteiger partial charge in [-0.3, -0.25) is 13.8 Å². The van der Waals surface area contributed by atoms with Crippen molar-refractivity contribution in [3.8, 4) is 0 Å². The van der Waals surface area contributed by atoms with Crippen molar-refractivity contribution in [3.05, 3.63) is 24.3 Å². The second kappa shape index (κ2) is 28.5. The average molecular weight is 633 g/mol. The highest BCUT2D eigenvalue weighted by atomic mass is 31.2. The van der Waals surface area contributed by atoms with E-state index in [9.17, 15) is 19.4 Å². The Morgan fingerprint density at radius 2 is 1.21 bits per heavy atom. The van der Waals surface area contributed by atoms with Crippen LogP contribution in [0.4, 0.5) is 0 Å². The van der Waals surface area contributed by atoms with Gasteiger partial charge in [-0.2, -0.15) is 0 Å². The number of unbranched alkanes of at least 4 members (excludes halogenated alkanes) is 16. The Labute approximate surface area is 264 Å². The highest BCUT2D eigenvalue weighted by Crippen LogP contribution is 2.43. The SMILES string of the molecule is CCCCCCC/C=C\C/C=C\CCCCCCCCCCCCCC(=O)OCC(O)COP(=O)(O)OCC[N+](C)(C)C. The lowest BCUT2D eigenvalue weighted by Gasteiger charge is -2.24. The third-order valence-electron chi connectivity index (χ3n) is 7.21. The molecule has 0 amide bonds. The summed E-state index contributed by atoms with van der Waals surface area (Å²) in [5, 5.41) is 9.88. The minimum atomic E-state index is -4.25. The number of rotatable bonds is 31. The number of esters is 1. The largest absolute Gasteiger partial charge is 0.472 e. The van der Waals surface area contributed by atoms with Gasteiger partial charge < -0.3 is 19.2 Å². The maximum Gasteiger partial charge on any atom is 0.472 e. The van der Waals surface area contributed by atoms with E-state index in [0.29, 0.717) is 17.4 Å². The summed E-state index contributed by atoms with van der Waals surface area (Å²) in [4.78, 5) is 21.6. The predicted octanol–water partition coefficient (Wildman–Crippen LogP) is 8.66. The number of phosphoric acid groups is 1. The van der Waals surface area contributed by atoms with E-state index in [4.69, 9.17) is 13.8 Å². The molecule has 0 aliphatic carbocycles. The van der Waals surface area contributed by atoms with Gasteiger partial charge in [-0.15, -0.1) is 0 Å². The summed E-state index contributed by atoms with van der Waals surface area (Å²) >= 11 is 0. The van der Waals surface area contributed by atoms with Crippen molar-refractivity contribution >= 4 is 13.8 Å². The number of phosphoric ester groups is 1. The second-order valence-corrected chi connectivity index (χ2v) is 14.2. The van der Waals surface area contributed by atoms with Crippen LogP contribution in [0.2, 0.25) is 0 Å². The molecule has 43 heavy (non-hydrogen) atoms. The van der Waals surface area contributed by atoms with Crippen LogP contribution in [-0.4, -0.2) is 74.1 Å². The molecule has 0 aliphatic rings. The van der Waals surface area contributed by atoms with Crippen LogP contribution in [0.1, 0.15) is 135 Å². The van der Waals surface area contributed by atoms with Gasteiger partial charge in [0.15, 0.2) is 0 Å². The van der Waals surface area contributed by atoms with Crippen LogP contribution in [-0.2, 0) is 23.1 Å². The predicted molar refractivity (Wildman–Crippen MR) is 178 cm³/mol. The summed E-state index contributed by atoms with van der Waals surface area (Å²) in [5.74, 6) is -0.374. The highest BCUT2D eigenvalue weighted by Gasteiger charge is 2.24. The molecule has 0 aromatic rings. The molecule has 0 aliphatic heterocycles. The number of allylic oxidation sites excluding steroid dienone is 4. The molecule has 0 spiro atoms. The maximum absolute atomic E-state index is 11.9. The van der Waals surface area contributed by atoms with Gasteiger partial charge in [0.1, 0.15) is 25.9 Å². The Morgan fingerprint density at radius 3 is 1.72 bits per heavy atom. The van der Waals surface area contributed by atoms with Crippen molar-refractivity contribution in [2.45, 2.75) is 141 Å². The van der Waals surface area contributed by atoms with Crippen molar-refractivity contribution in [1.29, 1.82) is 0 Å². The molecule has 254 valence electrons. The molecule has 0 saturated carbocycles. The Hall–Kier alpha value is -1.02. The van der Waals surface area contributed by atoms with E-state index in [1.165, 1.54) is 96.3 Å². The minimum Gasteiger partial charge on any atom is -0.463 e. The number of likely N-dealkylation sites (N-methyl/N-ethyl adjacent to an activating group) is 1. The second-order valence-electron chi connectivity index (χ2n) is 12.8. The van der Waals surface area contributed by atoms with Gasteiger partial charge >= 0.3 is 13.8 Å². The first-order valence-electron chi connectivity index (χ1n) is 17.1. The van der Waals surface area contributed by atoms with Crippen LogP contribution in [0.5, 0.6) is 0 Å². The van der Waals surface area contributed by atoms with Crippen molar-refractivity contribution < 1.29 is 37.6 Å². The topological polar surface area (TPSA) is 102 Å². The molecule has 0 rings (SSSR count). The molecule has 2 unspecified atom stereocenters. The average Bonchev–Trinajstić information content (AvgIpc) is 2.94. The first-order chi connectivity index (χ1) is 20.6. The first-order valence-corrected chi connectivity index (χ1v) is 18.6. The number of carbonyl (C=O) groups excluding carboxylic acids is 1. The third-order valence-corrected chi connectivity index (χ3v) is 8.20. The van der Waals surface area contributed by atoms with Crippen molar-refractivity contribution in [3.63, 3.8) is 0 Å². The van der Waals surface area contributed by atoms with Gasteiger partial charge in [0.25, 0.3) is 0 Å². The minimum absolute atomic E-state index is 0.0542. The van der Waals surface area contributed by atoms with Crippen LogP contribution >= 0.6 is 7.82 Å². The molecule has 0 fully saturated rings. The molecule has 9 heteroatoms. The summed E-state index contributed by atoms with van der Waals surface area (Å²) < 4.78 is 27.2. The van der Waals surface area contributed by atoms with Crippen LogP contribution < -0.4 is 0 Å². The molecule has 0 heterocycles. The lowest BCUT2D eigenvalue weighted by Crippen LogP contribution is -2.37. The molecular formula is C34H67NO7P+. The van der Waals surface area contributed by atoms with Crippen LogP contribution in [0.3, 0.4) is 0 Å². The van der Waals surface area contributed by atoms with Crippen molar-refractivity contribution in [2.75, 3.05) is 47.5 Å². The van der Waals surface area contributed by atoms with E-state index in [1.54, 1.807) is 0 Å². The molecule has 2 N–H and O–H groups in total. The zero-order valence-corrected chi connectivity index (χ0v) is 29.1. The van der Waals surface area contributed by atoms with Gasteiger partial charge in [-0.1, -0.05) is 115 Å². The number of hydrogen-bond acceptors (Lipinski definition) is 6. The Kier molecular flexibility index (Phi) is 27.8. The van der Waals surface area contributed by atoms with E-state index < -0.39 is 20.5 Å². The third kappa shape index (κ3) is 33.7. The Morgan fingerprint density at radius 1 is 0.721 bits per heavy atom. The Bertz CT molecular complexity index is 752. The summed E-state index contributed by atoms with van der Waals surface area (Å²) in [5.41, 5.74) is 0. The quantitative estimate of drug-likeness (QED) is 0.0259. The summed E-state index contributed by atoms with van der Waals surface area (Å²) in [6, 6.07) is 0. The number of aliphatic hydroxyl groups is 1. The van der Waals surface area contributed by atoms with E-state index >= 15 is 0 Å². The number of carbonyl (C=O) groups is 1. The zero-order chi connectivity index (χ0) is 32.1. The fourth-order valence-electron chi connectivity index (χ4n) is 4.45. The highest BCUT2D eigenvalue weighted by molar-refractivity contribution is 7.47. The van der Waals surface area contributed by atoms with Crippen LogP contribution in [0.25, 0.3) is 0 Å². The van der Waals surface area contributed by atoms with Crippen molar-refractivity contribution in [1.82, 2.24) is 0 Å². The molecule has 0 aromatic heterocycles. The summed E-state index contributed by atoms with van der Waals surface area (Å²) in [6.45, 7) is 2.13. The summed E-state index contributed by atoms with van der Waals surface area (Å²) in [6.07, 6.45) is 31.9. The maximum atomic E-state index is 11.9. The molecule has 8 nitrogen and oxygen atoms in total. The van der Waals surface area contributed by atoms with Gasteiger partial charge in [-0.05, 0) is 38.5 Å². The van der Waals surface area contributed by atoms with Gasteiger partial charge in [-0.25, -0.2) is 4.57 Å². The smallest absolute Gasteiger partial charge is 0.463 e. The molecule has 0 bridgehead atoms. The Balaban J connectivity index is 3.47. The first kappa shape index (κ1) is 42.0. The number of nitrogens with zero attached hydrogens (tertiary/aromatic N) is 1. The number of quaternary nitrogens is 1. The van der Waals surface area contributed by atoms with Gasteiger partial charge in [0.2, 0.25) is 0 Å². The fraction of sp³-hybridized carbons (Fsp3) is 0.853. The molecule has 0 aromatic carbocycles. The monoisotopic (exact) mass is 632 g/mol. The standard InChI is InChI=1S/C34H66NO7P/c1-5-6-7-8-9-10-11-12-13-14-15-16-17-18-19-20-21-22-23-24-25-26-27-28-34(37)40-31-33(36)32-42-43(38,39)41-30-29-35(2,3)4/h11-12,14-15,33,36H,5-10,13,16-32H2,1-4H3/p+1/b12-11-,15-14-. The molecule has 0 radical (unpaired) electrons. The zero-order valence-electron chi connectivity index (χ0n) is 28.2.